The minimum Gasteiger partial charge on any atom is -0.356 e. The van der Waals surface area contributed by atoms with E-state index < -0.39 is 0 Å². The Morgan fingerprint density at radius 3 is 2.53 bits per heavy atom. The highest BCUT2D eigenvalue weighted by Gasteiger charge is 2.21. The maximum atomic E-state index is 6.13. The van der Waals surface area contributed by atoms with Crippen molar-refractivity contribution in [3.63, 3.8) is 0 Å². The van der Waals surface area contributed by atoms with Gasteiger partial charge in [0.1, 0.15) is 17.3 Å². The van der Waals surface area contributed by atoms with Gasteiger partial charge in [-0.2, -0.15) is 0 Å². The van der Waals surface area contributed by atoms with Crippen molar-refractivity contribution in [1.29, 1.82) is 0 Å². The molecule has 2 rings (SSSR count). The summed E-state index contributed by atoms with van der Waals surface area (Å²) in [6.07, 6.45) is 4.06. The van der Waals surface area contributed by atoms with E-state index in [0.29, 0.717) is 11.1 Å². The first-order chi connectivity index (χ1) is 7.20. The number of hydrogen-bond acceptors (Lipinski definition) is 3. The molecule has 82 valence electrons. The fourth-order valence-corrected chi connectivity index (χ4v) is 2.39. The zero-order valence-corrected chi connectivity index (χ0v) is 9.96. The first-order valence-corrected chi connectivity index (χ1v) is 5.83. The third-order valence-corrected chi connectivity index (χ3v) is 3.10. The normalized spacial score (nSPS) is 16.4. The van der Waals surface area contributed by atoms with E-state index in [1.54, 1.807) is 6.33 Å². The third kappa shape index (κ3) is 2.07. The summed E-state index contributed by atoms with van der Waals surface area (Å²) >= 11 is 6.13. The maximum Gasteiger partial charge on any atom is 0.138 e. The van der Waals surface area contributed by atoms with Crippen LogP contribution in [0.4, 0.5) is 5.82 Å². The summed E-state index contributed by atoms with van der Waals surface area (Å²) in [4.78, 5) is 10.7. The molecule has 4 heteroatoms. The molecule has 0 atom stereocenters. The lowest BCUT2D eigenvalue weighted by molar-refractivity contribution is 0.817. The van der Waals surface area contributed by atoms with Crippen LogP contribution in [0.15, 0.2) is 6.33 Å². The van der Waals surface area contributed by atoms with Crippen LogP contribution in [-0.2, 0) is 0 Å². The lowest BCUT2D eigenvalue weighted by Gasteiger charge is -2.21. The highest BCUT2D eigenvalue weighted by atomic mass is 35.5. The van der Waals surface area contributed by atoms with Crippen LogP contribution in [0, 0.1) is 0 Å². The predicted octanol–water partition coefficient (Wildman–Crippen LogP) is 2.85. The van der Waals surface area contributed by atoms with Crippen LogP contribution in [-0.4, -0.2) is 23.1 Å². The standard InChI is InChI=1S/C11H16ClN3/c1-8(2)9-10(12)13-7-14-11(9)15-5-3-4-6-15/h7-8H,3-6H2,1-2H3. The van der Waals surface area contributed by atoms with E-state index in [2.05, 4.69) is 28.7 Å². The van der Waals surface area contributed by atoms with Crippen LogP contribution < -0.4 is 4.90 Å². The minimum atomic E-state index is 0.370. The molecule has 0 aliphatic carbocycles. The smallest absolute Gasteiger partial charge is 0.138 e. The number of hydrogen-bond donors (Lipinski definition) is 0. The summed E-state index contributed by atoms with van der Waals surface area (Å²) < 4.78 is 0. The maximum absolute atomic E-state index is 6.13. The van der Waals surface area contributed by atoms with Gasteiger partial charge in [-0.3, -0.25) is 0 Å². The van der Waals surface area contributed by atoms with Gasteiger partial charge in [0.15, 0.2) is 0 Å². The summed E-state index contributed by atoms with van der Waals surface area (Å²) in [6, 6.07) is 0. The molecule has 1 aliphatic heterocycles. The SMILES string of the molecule is CC(C)c1c(Cl)ncnc1N1CCCC1. The minimum absolute atomic E-state index is 0.370. The van der Waals surface area contributed by atoms with Gasteiger partial charge in [-0.05, 0) is 18.8 Å². The van der Waals surface area contributed by atoms with Crippen molar-refractivity contribution in [1.82, 2.24) is 9.97 Å². The fourth-order valence-electron chi connectivity index (χ4n) is 2.04. The van der Waals surface area contributed by atoms with Crippen LogP contribution in [0.3, 0.4) is 0 Å². The molecule has 2 heterocycles. The molecule has 0 radical (unpaired) electrons. The van der Waals surface area contributed by atoms with Crippen molar-refractivity contribution >= 4 is 17.4 Å². The average molecular weight is 226 g/mol. The quantitative estimate of drug-likeness (QED) is 0.725. The van der Waals surface area contributed by atoms with Crippen LogP contribution in [0.25, 0.3) is 0 Å². The third-order valence-electron chi connectivity index (χ3n) is 2.80. The van der Waals surface area contributed by atoms with Crippen LogP contribution in [0.1, 0.15) is 38.2 Å². The van der Waals surface area contributed by atoms with Gasteiger partial charge in [0.25, 0.3) is 0 Å². The van der Waals surface area contributed by atoms with Gasteiger partial charge >= 0.3 is 0 Å². The van der Waals surface area contributed by atoms with Crippen LogP contribution >= 0.6 is 11.6 Å². The van der Waals surface area contributed by atoms with E-state index in [1.165, 1.54) is 12.8 Å². The molecule has 3 nitrogen and oxygen atoms in total. The van der Waals surface area contributed by atoms with Gasteiger partial charge in [0, 0.05) is 18.7 Å². The van der Waals surface area contributed by atoms with Crippen molar-refractivity contribution in [2.24, 2.45) is 0 Å². The lowest BCUT2D eigenvalue weighted by Crippen LogP contribution is -2.21. The fraction of sp³-hybridized carbons (Fsp3) is 0.636. The van der Waals surface area contributed by atoms with E-state index in [9.17, 15) is 0 Å². The molecule has 0 aromatic carbocycles. The van der Waals surface area contributed by atoms with Crippen molar-refractivity contribution in [3.8, 4) is 0 Å². The summed E-state index contributed by atoms with van der Waals surface area (Å²) in [5.74, 6) is 1.40. The number of anilines is 1. The summed E-state index contributed by atoms with van der Waals surface area (Å²) in [7, 11) is 0. The van der Waals surface area contributed by atoms with E-state index >= 15 is 0 Å². The molecule has 0 N–H and O–H groups in total. The summed E-state index contributed by atoms with van der Waals surface area (Å²) in [5.41, 5.74) is 1.08. The zero-order chi connectivity index (χ0) is 10.8. The Morgan fingerprint density at radius 2 is 1.93 bits per heavy atom. The Bertz CT molecular complexity index is 346. The average Bonchev–Trinajstić information content (AvgIpc) is 2.69. The molecular weight excluding hydrogens is 210 g/mol. The van der Waals surface area contributed by atoms with Gasteiger partial charge in [-0.15, -0.1) is 0 Å². The molecule has 0 amide bonds. The molecule has 0 saturated carbocycles. The van der Waals surface area contributed by atoms with Crippen molar-refractivity contribution in [3.05, 3.63) is 17.0 Å². The second-order valence-electron chi connectivity index (χ2n) is 4.25. The number of nitrogens with zero attached hydrogens (tertiary/aromatic N) is 3. The van der Waals surface area contributed by atoms with Gasteiger partial charge in [0.05, 0.1) is 0 Å². The molecule has 1 aromatic rings. The molecule has 15 heavy (non-hydrogen) atoms. The van der Waals surface area contributed by atoms with Crippen LogP contribution in [0.5, 0.6) is 0 Å². The van der Waals surface area contributed by atoms with E-state index in [4.69, 9.17) is 11.6 Å². The molecule has 1 fully saturated rings. The Kier molecular flexibility index (Phi) is 3.10. The Hall–Kier alpha value is -0.830. The van der Waals surface area contributed by atoms with Gasteiger partial charge in [-0.1, -0.05) is 25.4 Å². The largest absolute Gasteiger partial charge is 0.356 e. The first kappa shape index (κ1) is 10.7. The van der Waals surface area contributed by atoms with E-state index in [0.717, 1.165) is 24.5 Å². The summed E-state index contributed by atoms with van der Waals surface area (Å²) in [6.45, 7) is 6.44. The second-order valence-corrected chi connectivity index (χ2v) is 4.61. The molecular formula is C11H16ClN3. The highest BCUT2D eigenvalue weighted by molar-refractivity contribution is 6.30. The van der Waals surface area contributed by atoms with Crippen molar-refractivity contribution in [2.75, 3.05) is 18.0 Å². The molecule has 1 aromatic heterocycles. The second kappa shape index (κ2) is 4.35. The Morgan fingerprint density at radius 1 is 1.27 bits per heavy atom. The lowest BCUT2D eigenvalue weighted by atomic mass is 10.1. The topological polar surface area (TPSA) is 29.0 Å². The Balaban J connectivity index is 2.40. The molecule has 0 unspecified atom stereocenters. The molecule has 1 aliphatic rings. The van der Waals surface area contributed by atoms with Crippen molar-refractivity contribution in [2.45, 2.75) is 32.6 Å². The van der Waals surface area contributed by atoms with E-state index in [-0.39, 0.29) is 0 Å². The first-order valence-electron chi connectivity index (χ1n) is 5.45. The highest BCUT2D eigenvalue weighted by Crippen LogP contribution is 2.31. The molecule has 0 bridgehead atoms. The number of aromatic nitrogens is 2. The molecule has 0 spiro atoms. The van der Waals surface area contributed by atoms with Gasteiger partial charge in [0.2, 0.25) is 0 Å². The van der Waals surface area contributed by atoms with Gasteiger partial charge in [-0.25, -0.2) is 9.97 Å². The summed E-state index contributed by atoms with van der Waals surface area (Å²) in [5, 5.41) is 0.599. The number of rotatable bonds is 2. The number of halogens is 1. The van der Waals surface area contributed by atoms with Gasteiger partial charge < -0.3 is 4.90 Å². The predicted molar refractivity (Wildman–Crippen MR) is 62.6 cm³/mol. The zero-order valence-electron chi connectivity index (χ0n) is 9.20. The van der Waals surface area contributed by atoms with Crippen molar-refractivity contribution < 1.29 is 0 Å². The molecule has 1 saturated heterocycles. The van der Waals surface area contributed by atoms with Crippen LogP contribution in [0.2, 0.25) is 5.15 Å². The monoisotopic (exact) mass is 225 g/mol. The van der Waals surface area contributed by atoms with E-state index in [1.807, 2.05) is 0 Å². The Labute approximate surface area is 95.5 Å².